The summed E-state index contributed by atoms with van der Waals surface area (Å²) in [6.07, 6.45) is 1.06. The number of rotatable bonds is 8. The fraction of sp³-hybridized carbons (Fsp3) is 0.444. The van der Waals surface area contributed by atoms with Gasteiger partial charge in [0.15, 0.2) is 12.9 Å². The molecule has 2 aliphatic rings. The molecule has 3 rings (SSSR count). The van der Waals surface area contributed by atoms with E-state index in [1.54, 1.807) is 19.1 Å². The molecule has 0 spiro atoms. The van der Waals surface area contributed by atoms with Crippen molar-refractivity contribution < 1.29 is 31.9 Å². The van der Waals surface area contributed by atoms with Gasteiger partial charge in [-0.05, 0) is 18.6 Å². The standard InChI is InChI=1S/C18H16ClF4N3O3/c1-9(26-7-17(13(24)6-27)3-2-11(17)15(26)28)10-4-12(19)14(25-5-10)29-8-18(22,23)16(20)21/h2-6,9,11,16,24H,7-8H2,1H3. The smallest absolute Gasteiger partial charge is 0.340 e. The molecule has 1 amide bonds. The molecule has 1 N–H and O–H groups in total. The lowest BCUT2D eigenvalue weighted by Gasteiger charge is -2.34. The van der Waals surface area contributed by atoms with Crippen LogP contribution in [0.1, 0.15) is 18.5 Å². The largest absolute Gasteiger partial charge is 0.470 e. The van der Waals surface area contributed by atoms with E-state index in [1.807, 2.05) is 0 Å². The van der Waals surface area contributed by atoms with E-state index in [0.717, 1.165) is 0 Å². The van der Waals surface area contributed by atoms with Crippen LogP contribution >= 0.6 is 11.6 Å². The van der Waals surface area contributed by atoms with E-state index in [0.29, 0.717) is 11.8 Å². The Morgan fingerprint density at radius 1 is 1.55 bits per heavy atom. The minimum absolute atomic E-state index is 0.127. The third-order valence-electron chi connectivity index (χ3n) is 5.24. The molecular weight excluding hydrogens is 418 g/mol. The second-order valence-corrected chi connectivity index (χ2v) is 7.36. The van der Waals surface area contributed by atoms with Gasteiger partial charge >= 0.3 is 12.3 Å². The van der Waals surface area contributed by atoms with Crippen LogP contribution in [0, 0.1) is 16.7 Å². The summed E-state index contributed by atoms with van der Waals surface area (Å²) < 4.78 is 55.0. The van der Waals surface area contributed by atoms with Crippen LogP contribution in [0.4, 0.5) is 17.6 Å². The molecule has 1 aliphatic heterocycles. The molecule has 0 bridgehead atoms. The lowest BCUT2D eigenvalue weighted by Crippen LogP contribution is -2.42. The Hall–Kier alpha value is -2.49. The molecule has 0 aromatic carbocycles. The van der Waals surface area contributed by atoms with Gasteiger partial charge in [-0.25, -0.2) is 13.8 Å². The Labute approximate surface area is 168 Å². The van der Waals surface area contributed by atoms with E-state index in [4.69, 9.17) is 17.0 Å². The van der Waals surface area contributed by atoms with E-state index >= 15 is 0 Å². The molecule has 1 aliphatic carbocycles. The van der Waals surface area contributed by atoms with Crippen molar-refractivity contribution in [3.63, 3.8) is 0 Å². The predicted octanol–water partition coefficient (Wildman–Crippen LogP) is 3.31. The summed E-state index contributed by atoms with van der Waals surface area (Å²) in [5, 5.41) is 7.69. The number of hydrogen-bond donors (Lipinski definition) is 1. The quantitative estimate of drug-likeness (QED) is 0.295. The van der Waals surface area contributed by atoms with Gasteiger partial charge in [0.05, 0.1) is 23.1 Å². The summed E-state index contributed by atoms with van der Waals surface area (Å²) >= 11 is 5.98. The zero-order chi connectivity index (χ0) is 21.6. The van der Waals surface area contributed by atoms with Crippen molar-refractivity contribution in [1.29, 1.82) is 5.41 Å². The number of ether oxygens (including phenoxy) is 1. The third kappa shape index (κ3) is 3.50. The van der Waals surface area contributed by atoms with Gasteiger partial charge in [-0.2, -0.15) is 8.78 Å². The van der Waals surface area contributed by atoms with E-state index in [-0.39, 0.29) is 23.2 Å². The molecule has 29 heavy (non-hydrogen) atoms. The number of hydrogen-bond acceptors (Lipinski definition) is 5. The highest BCUT2D eigenvalue weighted by atomic mass is 35.5. The lowest BCUT2D eigenvalue weighted by molar-refractivity contribution is -0.148. The fourth-order valence-corrected chi connectivity index (χ4v) is 3.61. The molecule has 1 saturated heterocycles. The summed E-state index contributed by atoms with van der Waals surface area (Å²) in [5.41, 5.74) is -0.688. The number of nitrogens with one attached hydrogen (secondary N) is 1. The van der Waals surface area contributed by atoms with Crippen LogP contribution in [0.2, 0.25) is 5.02 Å². The second kappa shape index (κ2) is 7.40. The summed E-state index contributed by atoms with van der Waals surface area (Å²) in [7, 11) is 0. The monoisotopic (exact) mass is 433 g/mol. The molecule has 0 saturated carbocycles. The SMILES string of the molecule is CC(c1cnc(OCC(F)(F)C(F)F)c(Cl)c1)N1CC2(C(=N)C=O)C=CC2C1=O. The Bertz CT molecular complexity index is 895. The molecule has 0 radical (unpaired) electrons. The van der Waals surface area contributed by atoms with Crippen LogP contribution in [0.3, 0.4) is 0 Å². The van der Waals surface area contributed by atoms with Gasteiger partial charge in [0.25, 0.3) is 0 Å². The maximum Gasteiger partial charge on any atom is 0.340 e. The van der Waals surface area contributed by atoms with Gasteiger partial charge in [-0.1, -0.05) is 23.8 Å². The molecule has 11 heteroatoms. The zero-order valence-corrected chi connectivity index (χ0v) is 15.8. The highest BCUT2D eigenvalue weighted by molar-refractivity contribution is 6.32. The molecule has 2 heterocycles. The van der Waals surface area contributed by atoms with Gasteiger partial charge in [0, 0.05) is 12.7 Å². The summed E-state index contributed by atoms with van der Waals surface area (Å²) in [4.78, 5) is 29.0. The fourth-order valence-electron chi connectivity index (χ4n) is 3.38. The average Bonchev–Trinajstić information content (AvgIpc) is 2.85. The van der Waals surface area contributed by atoms with E-state index in [1.165, 1.54) is 17.2 Å². The molecule has 6 nitrogen and oxygen atoms in total. The normalized spacial score (nSPS) is 24.3. The van der Waals surface area contributed by atoms with Crippen molar-refractivity contribution in [2.24, 2.45) is 11.3 Å². The van der Waals surface area contributed by atoms with Crippen molar-refractivity contribution >= 4 is 29.5 Å². The first kappa shape index (κ1) is 21.2. The van der Waals surface area contributed by atoms with Gasteiger partial charge in [0.2, 0.25) is 11.8 Å². The van der Waals surface area contributed by atoms with Crippen LogP contribution in [-0.4, -0.2) is 53.3 Å². The lowest BCUT2D eigenvalue weighted by atomic mass is 9.66. The first-order valence-electron chi connectivity index (χ1n) is 8.52. The maximum atomic E-state index is 13.0. The summed E-state index contributed by atoms with van der Waals surface area (Å²) in [5.74, 6) is -5.63. The molecule has 1 aromatic rings. The molecule has 1 fully saturated rings. The van der Waals surface area contributed by atoms with E-state index in [9.17, 15) is 27.2 Å². The van der Waals surface area contributed by atoms with Gasteiger partial charge in [-0.3, -0.25) is 9.59 Å². The molecule has 3 unspecified atom stereocenters. The number of halogens is 5. The Morgan fingerprint density at radius 3 is 2.76 bits per heavy atom. The van der Waals surface area contributed by atoms with Crippen LogP contribution in [0.15, 0.2) is 24.4 Å². The topological polar surface area (TPSA) is 83.3 Å². The Balaban J connectivity index is 1.75. The molecule has 1 aromatic heterocycles. The van der Waals surface area contributed by atoms with Gasteiger partial charge < -0.3 is 15.0 Å². The van der Waals surface area contributed by atoms with Crippen LogP contribution < -0.4 is 4.74 Å². The number of amides is 1. The second-order valence-electron chi connectivity index (χ2n) is 6.96. The summed E-state index contributed by atoms with van der Waals surface area (Å²) in [6, 6.07) is 0.793. The first-order valence-corrected chi connectivity index (χ1v) is 8.89. The molecule has 156 valence electrons. The van der Waals surface area contributed by atoms with Gasteiger partial charge in [-0.15, -0.1) is 0 Å². The van der Waals surface area contributed by atoms with Gasteiger partial charge in [0.1, 0.15) is 5.02 Å². The van der Waals surface area contributed by atoms with Crippen LogP contribution in [0.5, 0.6) is 5.88 Å². The Morgan fingerprint density at radius 2 is 2.24 bits per heavy atom. The third-order valence-corrected chi connectivity index (χ3v) is 5.51. The average molecular weight is 434 g/mol. The van der Waals surface area contributed by atoms with Crippen LogP contribution in [0.25, 0.3) is 0 Å². The number of carbonyl (C=O) groups excluding carboxylic acids is 2. The number of alkyl halides is 4. The zero-order valence-electron chi connectivity index (χ0n) is 15.0. The Kier molecular flexibility index (Phi) is 5.42. The molecular formula is C18H16ClF4N3O3. The van der Waals surface area contributed by atoms with Crippen molar-refractivity contribution in [3.05, 3.63) is 35.0 Å². The van der Waals surface area contributed by atoms with E-state index in [2.05, 4.69) is 9.72 Å². The first-order chi connectivity index (χ1) is 13.5. The number of nitrogens with zero attached hydrogens (tertiary/aromatic N) is 2. The minimum Gasteiger partial charge on any atom is -0.470 e. The summed E-state index contributed by atoms with van der Waals surface area (Å²) in [6.45, 7) is 0.225. The number of aromatic nitrogens is 1. The van der Waals surface area contributed by atoms with Crippen molar-refractivity contribution in [3.8, 4) is 5.88 Å². The number of likely N-dealkylation sites (tertiary alicyclic amines) is 1. The number of aldehydes is 1. The number of pyridine rings is 1. The maximum absolute atomic E-state index is 13.0. The highest BCUT2D eigenvalue weighted by Gasteiger charge is 2.57. The highest BCUT2D eigenvalue weighted by Crippen LogP contribution is 2.49. The predicted molar refractivity (Wildman–Crippen MR) is 94.7 cm³/mol. The number of carbonyl (C=O) groups is 2. The van der Waals surface area contributed by atoms with Crippen LogP contribution in [-0.2, 0) is 9.59 Å². The molecule has 3 atom stereocenters. The van der Waals surface area contributed by atoms with Crippen molar-refractivity contribution in [1.82, 2.24) is 9.88 Å². The minimum atomic E-state index is -4.34. The van der Waals surface area contributed by atoms with Crippen molar-refractivity contribution in [2.75, 3.05) is 13.2 Å². The van der Waals surface area contributed by atoms with E-state index < -0.39 is 42.2 Å². The van der Waals surface area contributed by atoms with Crippen molar-refractivity contribution in [2.45, 2.75) is 25.3 Å². The number of fused-ring (bicyclic) bond motifs is 1.